The van der Waals surface area contributed by atoms with E-state index >= 15 is 0 Å². The predicted octanol–water partition coefficient (Wildman–Crippen LogP) is 1.34. The maximum atomic E-state index is 13.2. The summed E-state index contributed by atoms with van der Waals surface area (Å²) >= 11 is 0. The fourth-order valence-corrected chi connectivity index (χ4v) is 3.87. The molecule has 0 radical (unpaired) electrons. The SMILES string of the molecule is C/C1=C/C2COC(=O)CC(O)[C@](C)(N2)C(=O)[C@H](C)[C@@H](O)[C@@H](C)CCC1. The van der Waals surface area contributed by atoms with Crippen LogP contribution in [0.1, 0.15) is 53.4 Å². The molecule has 1 saturated heterocycles. The Morgan fingerprint density at radius 2 is 1.96 bits per heavy atom. The Morgan fingerprint density at radius 3 is 2.64 bits per heavy atom. The van der Waals surface area contributed by atoms with Crippen LogP contribution in [0.3, 0.4) is 0 Å². The van der Waals surface area contributed by atoms with Gasteiger partial charge >= 0.3 is 5.97 Å². The number of Topliss-reactive ketones (excluding diaryl/α,β-unsaturated/α-hetero) is 1. The molecular weight excluding hydrogens is 322 g/mol. The van der Waals surface area contributed by atoms with Crippen LogP contribution in [0.2, 0.25) is 0 Å². The molecule has 0 aliphatic carbocycles. The van der Waals surface area contributed by atoms with Crippen molar-refractivity contribution in [2.24, 2.45) is 11.8 Å². The van der Waals surface area contributed by atoms with Gasteiger partial charge in [-0.05, 0) is 39.0 Å². The Bertz CT molecular complexity index is 546. The van der Waals surface area contributed by atoms with E-state index in [9.17, 15) is 19.8 Å². The lowest BCUT2D eigenvalue weighted by Crippen LogP contribution is -2.65. The molecule has 142 valence electrons. The third-order valence-electron chi connectivity index (χ3n) is 5.67. The second-order valence-electron chi connectivity index (χ2n) is 7.88. The number of carbonyl (C=O) groups excluding carboxylic acids is 2. The van der Waals surface area contributed by atoms with Gasteiger partial charge in [0.1, 0.15) is 12.1 Å². The van der Waals surface area contributed by atoms with Crippen LogP contribution >= 0.6 is 0 Å². The van der Waals surface area contributed by atoms with Crippen molar-refractivity contribution in [2.45, 2.75) is 77.2 Å². The lowest BCUT2D eigenvalue weighted by atomic mass is 9.76. The molecule has 2 aliphatic rings. The van der Waals surface area contributed by atoms with Crippen LogP contribution in [-0.2, 0) is 14.3 Å². The van der Waals surface area contributed by atoms with Crippen LogP contribution in [0.4, 0.5) is 0 Å². The van der Waals surface area contributed by atoms with E-state index in [-0.39, 0.29) is 30.8 Å². The minimum Gasteiger partial charge on any atom is -0.464 e. The molecule has 2 rings (SSSR count). The number of aliphatic hydroxyl groups is 2. The summed E-state index contributed by atoms with van der Waals surface area (Å²) in [4.78, 5) is 25.0. The number of carbonyl (C=O) groups is 2. The summed E-state index contributed by atoms with van der Waals surface area (Å²) in [6.45, 7) is 7.40. The van der Waals surface area contributed by atoms with E-state index in [1.165, 1.54) is 0 Å². The topological polar surface area (TPSA) is 95.9 Å². The highest BCUT2D eigenvalue weighted by molar-refractivity contribution is 5.92. The van der Waals surface area contributed by atoms with Crippen molar-refractivity contribution in [3.05, 3.63) is 11.6 Å². The van der Waals surface area contributed by atoms with E-state index in [0.717, 1.165) is 24.8 Å². The Balaban J connectivity index is 2.44. The summed E-state index contributed by atoms with van der Waals surface area (Å²) in [6, 6.07) is -0.353. The van der Waals surface area contributed by atoms with Crippen LogP contribution < -0.4 is 5.32 Å². The molecule has 2 heterocycles. The van der Waals surface area contributed by atoms with E-state index in [1.54, 1.807) is 13.8 Å². The number of esters is 1. The van der Waals surface area contributed by atoms with Crippen LogP contribution in [0, 0.1) is 11.8 Å². The van der Waals surface area contributed by atoms with Crippen LogP contribution in [0.15, 0.2) is 11.6 Å². The zero-order chi connectivity index (χ0) is 18.8. The first-order chi connectivity index (χ1) is 11.6. The minimum absolute atomic E-state index is 0.0127. The summed E-state index contributed by atoms with van der Waals surface area (Å²) in [7, 11) is 0. The molecular formula is C19H31NO5. The zero-order valence-electron chi connectivity index (χ0n) is 15.6. The monoisotopic (exact) mass is 353 g/mol. The first kappa shape index (κ1) is 20.1. The molecule has 6 atom stereocenters. The van der Waals surface area contributed by atoms with Gasteiger partial charge in [-0.1, -0.05) is 25.5 Å². The first-order valence-corrected chi connectivity index (χ1v) is 9.16. The molecule has 3 N–H and O–H groups in total. The van der Waals surface area contributed by atoms with E-state index in [1.807, 2.05) is 19.9 Å². The molecule has 2 bridgehead atoms. The van der Waals surface area contributed by atoms with E-state index in [0.29, 0.717) is 0 Å². The normalized spacial score (nSPS) is 43.6. The number of ketones is 1. The van der Waals surface area contributed by atoms with Gasteiger partial charge in [-0.2, -0.15) is 0 Å². The molecule has 0 amide bonds. The lowest BCUT2D eigenvalue weighted by Gasteiger charge is -2.41. The molecule has 6 heteroatoms. The van der Waals surface area contributed by atoms with Crippen LogP contribution in [-0.4, -0.2) is 52.4 Å². The summed E-state index contributed by atoms with van der Waals surface area (Å²) < 4.78 is 5.19. The maximum Gasteiger partial charge on any atom is 0.308 e. The minimum atomic E-state index is -1.32. The van der Waals surface area contributed by atoms with Gasteiger partial charge in [0, 0.05) is 5.92 Å². The highest BCUT2D eigenvalue weighted by atomic mass is 16.5. The maximum absolute atomic E-state index is 13.2. The Hall–Kier alpha value is -1.24. The van der Waals surface area contributed by atoms with Crippen molar-refractivity contribution >= 4 is 11.8 Å². The van der Waals surface area contributed by atoms with Crippen molar-refractivity contribution < 1.29 is 24.5 Å². The van der Waals surface area contributed by atoms with Crippen molar-refractivity contribution in [1.82, 2.24) is 5.32 Å². The fraction of sp³-hybridized carbons (Fsp3) is 0.789. The van der Waals surface area contributed by atoms with Gasteiger partial charge in [-0.25, -0.2) is 0 Å². The van der Waals surface area contributed by atoms with E-state index in [2.05, 4.69) is 5.32 Å². The molecule has 0 aromatic rings. The van der Waals surface area contributed by atoms with E-state index in [4.69, 9.17) is 4.74 Å². The number of allylic oxidation sites excluding steroid dienone is 1. The Kier molecular flexibility index (Phi) is 6.40. The predicted molar refractivity (Wildman–Crippen MR) is 93.9 cm³/mol. The third kappa shape index (κ3) is 4.49. The lowest BCUT2D eigenvalue weighted by molar-refractivity contribution is -0.153. The summed E-state index contributed by atoms with van der Waals surface area (Å²) in [5.41, 5.74) is -0.186. The first-order valence-electron chi connectivity index (χ1n) is 9.16. The molecule has 6 nitrogen and oxygen atoms in total. The molecule has 0 aromatic heterocycles. The molecule has 1 fully saturated rings. The standard InChI is InChI=1S/C19H31NO5/c1-11-6-5-7-12(2)17(23)13(3)18(24)19(4)15(21)9-16(22)25-10-14(8-11)20-19/h8,12-15,17,20-21,23H,5-7,9-10H2,1-4H3/b11-8-/t12-,13+,14?,15?,17-,19-/m0/s1. The number of aliphatic hydroxyl groups excluding tert-OH is 2. The van der Waals surface area contributed by atoms with Gasteiger partial charge in [0.05, 0.1) is 24.7 Å². The summed E-state index contributed by atoms with van der Waals surface area (Å²) in [5.74, 6) is -1.44. The quantitative estimate of drug-likeness (QED) is 0.449. The van der Waals surface area contributed by atoms with Gasteiger partial charge in [-0.15, -0.1) is 0 Å². The van der Waals surface area contributed by atoms with Crippen molar-refractivity contribution in [2.75, 3.05) is 6.61 Å². The average molecular weight is 353 g/mol. The van der Waals surface area contributed by atoms with E-state index < -0.39 is 29.6 Å². The molecule has 2 aliphatic heterocycles. The van der Waals surface area contributed by atoms with Gasteiger partial charge in [-0.3, -0.25) is 14.9 Å². The fourth-order valence-electron chi connectivity index (χ4n) is 3.87. The zero-order valence-corrected chi connectivity index (χ0v) is 15.6. The smallest absolute Gasteiger partial charge is 0.308 e. The van der Waals surface area contributed by atoms with Crippen LogP contribution in [0.5, 0.6) is 0 Å². The highest BCUT2D eigenvalue weighted by Crippen LogP contribution is 2.29. The van der Waals surface area contributed by atoms with Gasteiger partial charge in [0.25, 0.3) is 0 Å². The Labute approximate surface area is 149 Å². The molecule has 0 aromatic carbocycles. The number of nitrogens with one attached hydrogen (secondary N) is 1. The van der Waals surface area contributed by atoms with Crippen molar-refractivity contribution in [1.29, 1.82) is 0 Å². The second kappa shape index (κ2) is 7.98. The number of fused-ring (bicyclic) bond motifs is 2. The Morgan fingerprint density at radius 1 is 1.28 bits per heavy atom. The number of rotatable bonds is 0. The van der Waals surface area contributed by atoms with Crippen molar-refractivity contribution in [3.8, 4) is 0 Å². The third-order valence-corrected chi connectivity index (χ3v) is 5.67. The van der Waals surface area contributed by atoms with Crippen LogP contribution in [0.25, 0.3) is 0 Å². The number of hydrogen-bond acceptors (Lipinski definition) is 6. The highest BCUT2D eigenvalue weighted by Gasteiger charge is 2.47. The summed E-state index contributed by atoms with van der Waals surface area (Å²) in [6.07, 6.45) is 2.37. The van der Waals surface area contributed by atoms with Crippen molar-refractivity contribution in [3.63, 3.8) is 0 Å². The number of ether oxygens (including phenoxy) is 1. The molecule has 0 spiro atoms. The van der Waals surface area contributed by atoms with Gasteiger partial charge < -0.3 is 14.9 Å². The molecule has 25 heavy (non-hydrogen) atoms. The number of hydrogen-bond donors (Lipinski definition) is 3. The number of cyclic esters (lactones) is 1. The average Bonchev–Trinajstić information content (AvgIpc) is 2.55. The van der Waals surface area contributed by atoms with Gasteiger partial charge in [0.15, 0.2) is 5.78 Å². The molecule has 2 unspecified atom stereocenters. The molecule has 0 saturated carbocycles. The van der Waals surface area contributed by atoms with Gasteiger partial charge in [0.2, 0.25) is 0 Å². The second-order valence-corrected chi connectivity index (χ2v) is 7.88. The largest absolute Gasteiger partial charge is 0.464 e. The summed E-state index contributed by atoms with van der Waals surface area (Å²) in [5, 5.41) is 24.4.